The van der Waals surface area contributed by atoms with E-state index in [9.17, 15) is 20.2 Å². The minimum Gasteiger partial charge on any atom is -0.272 e. The van der Waals surface area contributed by atoms with Crippen LogP contribution in [0.2, 0.25) is 0 Å². The zero-order valence-corrected chi connectivity index (χ0v) is 25.3. The van der Waals surface area contributed by atoms with Gasteiger partial charge in [-0.15, -0.1) is 0 Å². The van der Waals surface area contributed by atoms with E-state index >= 15 is 0 Å². The Bertz CT molecular complexity index is 1290. The van der Waals surface area contributed by atoms with E-state index in [1.807, 2.05) is 6.21 Å². The van der Waals surface area contributed by atoms with Crippen molar-refractivity contribution >= 4 is 23.3 Å². The first-order valence-electron chi connectivity index (χ1n) is 15.6. The lowest BCUT2D eigenvalue weighted by molar-refractivity contribution is -0.393. The number of nitrogens with one attached hydrogen (secondary N) is 1. The molecule has 0 aliphatic heterocycles. The first kappa shape index (κ1) is 29.5. The second kappa shape index (κ2) is 11.3. The summed E-state index contributed by atoms with van der Waals surface area (Å²) in [6.07, 6.45) is 17.8. The molecule has 1 aromatic carbocycles. The largest absolute Gasteiger partial charge is 0.301 e. The summed E-state index contributed by atoms with van der Waals surface area (Å²) in [4.78, 5) is 21.6. The van der Waals surface area contributed by atoms with Gasteiger partial charge in [-0.3, -0.25) is 25.7 Å². The summed E-state index contributed by atoms with van der Waals surface area (Å²) in [5, 5.41) is 27.4. The van der Waals surface area contributed by atoms with Crippen LogP contribution in [0, 0.1) is 66.6 Å². The normalized spacial score (nSPS) is 33.1. The number of anilines is 1. The molecule has 0 amide bonds. The Hall–Kier alpha value is -3.03. The fourth-order valence-electron chi connectivity index (χ4n) is 9.42. The third-order valence-electron chi connectivity index (χ3n) is 11.5. The number of hydrogen-bond acceptors (Lipinski definition) is 6. The van der Waals surface area contributed by atoms with Gasteiger partial charge in [0.2, 0.25) is 0 Å². The number of allylic oxidation sites excluding steroid dienone is 4. The van der Waals surface area contributed by atoms with Crippen molar-refractivity contribution in [2.24, 2.45) is 51.4 Å². The lowest BCUT2D eigenvalue weighted by atomic mass is 9.53. The predicted molar refractivity (Wildman–Crippen MR) is 164 cm³/mol. The van der Waals surface area contributed by atoms with Crippen molar-refractivity contribution in [2.45, 2.75) is 92.4 Å². The molecule has 8 heteroatoms. The van der Waals surface area contributed by atoms with Gasteiger partial charge in [-0.25, -0.2) is 0 Å². The molecule has 0 radical (unpaired) electrons. The monoisotopic (exact) mass is 562 g/mol. The van der Waals surface area contributed by atoms with E-state index < -0.39 is 9.85 Å². The van der Waals surface area contributed by atoms with Gasteiger partial charge in [0.25, 0.3) is 5.69 Å². The fourth-order valence-corrected chi connectivity index (χ4v) is 9.42. The SMILES string of the molecule is CC(C)CCC[C@@H](C)[C@H]1CCC2C3C(/C=N/Nc4ccc([N+](=O)[O-])cc4[N+](=O)[O-])=C4C=CCC[C@]4(C)C3CC[C@@]21C. The van der Waals surface area contributed by atoms with E-state index in [1.165, 1.54) is 68.2 Å². The van der Waals surface area contributed by atoms with Crippen molar-refractivity contribution < 1.29 is 9.85 Å². The van der Waals surface area contributed by atoms with Crippen LogP contribution in [0.25, 0.3) is 0 Å². The van der Waals surface area contributed by atoms with Crippen LogP contribution < -0.4 is 5.43 Å². The van der Waals surface area contributed by atoms with Crippen LogP contribution in [0.1, 0.15) is 92.4 Å². The Balaban J connectivity index is 1.43. The highest BCUT2D eigenvalue weighted by molar-refractivity contribution is 5.84. The molecule has 4 aliphatic carbocycles. The lowest BCUT2D eigenvalue weighted by Crippen LogP contribution is -2.45. The van der Waals surface area contributed by atoms with Crippen LogP contribution in [-0.4, -0.2) is 16.1 Å². The number of hydrogen-bond donors (Lipinski definition) is 1. The highest BCUT2D eigenvalue weighted by Gasteiger charge is 2.61. The van der Waals surface area contributed by atoms with E-state index in [0.29, 0.717) is 23.2 Å². The van der Waals surface area contributed by atoms with E-state index in [4.69, 9.17) is 0 Å². The van der Waals surface area contributed by atoms with E-state index in [1.54, 1.807) is 0 Å². The van der Waals surface area contributed by atoms with E-state index in [-0.39, 0.29) is 22.5 Å². The van der Waals surface area contributed by atoms with Crippen molar-refractivity contribution in [1.29, 1.82) is 0 Å². The Morgan fingerprint density at radius 2 is 1.83 bits per heavy atom. The molecule has 7 atom stereocenters. The summed E-state index contributed by atoms with van der Waals surface area (Å²) in [6.45, 7) is 12.1. The van der Waals surface area contributed by atoms with Crippen LogP contribution in [0.15, 0.2) is 46.6 Å². The van der Waals surface area contributed by atoms with Crippen molar-refractivity contribution in [3.8, 4) is 0 Å². The van der Waals surface area contributed by atoms with Gasteiger partial charge < -0.3 is 0 Å². The molecule has 0 heterocycles. The molecule has 4 aliphatic rings. The number of hydrazone groups is 1. The number of fused-ring (bicyclic) bond motifs is 5. The van der Waals surface area contributed by atoms with Crippen molar-refractivity contribution in [3.63, 3.8) is 0 Å². The van der Waals surface area contributed by atoms with Crippen LogP contribution in [-0.2, 0) is 0 Å². The molecule has 222 valence electrons. The molecule has 0 aromatic heterocycles. The van der Waals surface area contributed by atoms with Crippen LogP contribution in [0.5, 0.6) is 0 Å². The molecule has 5 rings (SSSR count). The van der Waals surface area contributed by atoms with Crippen LogP contribution in [0.3, 0.4) is 0 Å². The Morgan fingerprint density at radius 1 is 1.05 bits per heavy atom. The topological polar surface area (TPSA) is 111 Å². The molecule has 1 N–H and O–H groups in total. The second-order valence-electron chi connectivity index (χ2n) is 14.1. The fraction of sp³-hybridized carbons (Fsp3) is 0.667. The molecule has 1 aromatic rings. The Kier molecular flexibility index (Phi) is 8.14. The summed E-state index contributed by atoms with van der Waals surface area (Å²) in [7, 11) is 0. The first-order chi connectivity index (χ1) is 19.5. The predicted octanol–water partition coefficient (Wildman–Crippen LogP) is 9.09. The van der Waals surface area contributed by atoms with Gasteiger partial charge in [0, 0.05) is 6.07 Å². The lowest BCUT2D eigenvalue weighted by Gasteiger charge is -2.51. The summed E-state index contributed by atoms with van der Waals surface area (Å²) < 4.78 is 0. The zero-order chi connectivity index (χ0) is 29.5. The molecular formula is C33H46N4O4. The Morgan fingerprint density at radius 3 is 2.54 bits per heavy atom. The number of non-ortho nitro benzene ring substituents is 1. The third kappa shape index (κ3) is 5.23. The van der Waals surface area contributed by atoms with Crippen LogP contribution in [0.4, 0.5) is 17.1 Å². The zero-order valence-electron chi connectivity index (χ0n) is 25.3. The standard InChI is InChI=1S/C33H46N4O4/c1-21(2)9-8-10-22(3)25-13-14-27-31-24(20-34-35-29-15-12-23(36(38)39)19-30(29)37(40)41)26-11-6-7-17-32(26,4)28(31)16-18-33(25,27)5/h6,11-12,15,19-22,25,27-28,31,35H,7-10,13-14,16-18H2,1-5H3/b34-20+/t22-,25-,27?,28?,31?,32+,33-/m1/s1. The average molecular weight is 563 g/mol. The molecule has 2 saturated carbocycles. The number of nitro groups is 2. The highest BCUT2D eigenvalue weighted by atomic mass is 16.6. The van der Waals surface area contributed by atoms with Crippen molar-refractivity contribution in [2.75, 3.05) is 5.43 Å². The molecule has 3 unspecified atom stereocenters. The summed E-state index contributed by atoms with van der Waals surface area (Å²) >= 11 is 0. The number of rotatable bonds is 10. The molecule has 2 fully saturated rings. The first-order valence-corrected chi connectivity index (χ1v) is 15.6. The second-order valence-corrected chi connectivity index (χ2v) is 14.1. The molecule has 0 spiro atoms. The van der Waals surface area contributed by atoms with Crippen molar-refractivity contribution in [1.82, 2.24) is 0 Å². The summed E-state index contributed by atoms with van der Waals surface area (Å²) in [5.41, 5.74) is 5.48. The summed E-state index contributed by atoms with van der Waals surface area (Å²) in [5.74, 6) is 3.86. The Labute approximate surface area is 244 Å². The van der Waals surface area contributed by atoms with Gasteiger partial charge in [-0.05, 0) is 102 Å². The van der Waals surface area contributed by atoms with Gasteiger partial charge in [0.05, 0.1) is 22.1 Å². The smallest absolute Gasteiger partial charge is 0.272 e. The molecule has 0 bridgehead atoms. The van der Waals surface area contributed by atoms with Gasteiger partial charge in [0.1, 0.15) is 5.69 Å². The minimum atomic E-state index is -0.623. The quantitative estimate of drug-likeness (QED) is 0.174. The third-order valence-corrected chi connectivity index (χ3v) is 11.5. The number of benzene rings is 1. The molecule has 0 saturated heterocycles. The van der Waals surface area contributed by atoms with Gasteiger partial charge in [-0.1, -0.05) is 66.0 Å². The maximum atomic E-state index is 11.7. The molecule has 41 heavy (non-hydrogen) atoms. The van der Waals surface area contributed by atoms with Crippen molar-refractivity contribution in [3.05, 3.63) is 61.7 Å². The van der Waals surface area contributed by atoms with Crippen LogP contribution >= 0.6 is 0 Å². The highest BCUT2D eigenvalue weighted by Crippen LogP contribution is 2.69. The summed E-state index contributed by atoms with van der Waals surface area (Å²) in [6, 6.07) is 3.63. The number of nitro benzene ring substituents is 2. The minimum absolute atomic E-state index is 0.127. The maximum Gasteiger partial charge on any atom is 0.301 e. The van der Waals surface area contributed by atoms with Gasteiger partial charge in [-0.2, -0.15) is 5.10 Å². The average Bonchev–Trinajstić information content (AvgIpc) is 3.40. The van der Waals surface area contributed by atoms with Gasteiger partial charge in [0.15, 0.2) is 0 Å². The maximum absolute atomic E-state index is 11.7. The molecular weight excluding hydrogens is 516 g/mol. The van der Waals surface area contributed by atoms with Gasteiger partial charge >= 0.3 is 5.69 Å². The molecule has 8 nitrogen and oxygen atoms in total. The van der Waals surface area contributed by atoms with E-state index in [2.05, 4.69) is 57.3 Å². The number of nitrogens with zero attached hydrogens (tertiary/aromatic N) is 3. The van der Waals surface area contributed by atoms with E-state index in [0.717, 1.165) is 36.7 Å².